The van der Waals surface area contributed by atoms with E-state index >= 15 is 0 Å². The van der Waals surface area contributed by atoms with Gasteiger partial charge >= 0.3 is 0 Å². The molecule has 90 valence electrons. The van der Waals surface area contributed by atoms with E-state index in [1.54, 1.807) is 6.92 Å². The van der Waals surface area contributed by atoms with Crippen LogP contribution in [0.5, 0.6) is 0 Å². The van der Waals surface area contributed by atoms with E-state index in [0.717, 1.165) is 12.1 Å². The number of rotatable bonds is 4. The predicted molar refractivity (Wildman–Crippen MR) is 58.2 cm³/mol. The largest absolute Gasteiger partial charge is 0.367 e. The van der Waals surface area contributed by atoms with Crippen LogP contribution >= 0.6 is 0 Å². The van der Waals surface area contributed by atoms with Crippen molar-refractivity contribution >= 4 is 16.8 Å². The topological polar surface area (TPSA) is 75.3 Å². The Labute approximate surface area is 94.1 Å². The highest BCUT2D eigenvalue weighted by Gasteiger charge is 2.13. The molecule has 4 nitrogen and oxygen atoms in total. The third-order valence-corrected chi connectivity index (χ3v) is 2.35. The first kappa shape index (κ1) is 13.0. The fourth-order valence-electron chi connectivity index (χ4n) is 1.16. The Morgan fingerprint density at radius 1 is 1.50 bits per heavy atom. The lowest BCUT2D eigenvalue weighted by Gasteiger charge is -2.11. The minimum absolute atomic E-state index is 0.325. The second-order valence-electron chi connectivity index (χ2n) is 3.29. The van der Waals surface area contributed by atoms with Gasteiger partial charge in [0.05, 0.1) is 0 Å². The molecule has 2 atom stereocenters. The molecule has 0 spiro atoms. The Bertz CT molecular complexity index is 389. The quantitative estimate of drug-likeness (QED) is 0.709. The van der Waals surface area contributed by atoms with Gasteiger partial charge in [-0.1, -0.05) is 0 Å². The van der Waals surface area contributed by atoms with Gasteiger partial charge in [0.25, 0.3) is 0 Å². The molecule has 0 bridgehead atoms. The number of benzene rings is 1. The summed E-state index contributed by atoms with van der Waals surface area (Å²) >= 11 is -2.17. The molecule has 0 aliphatic rings. The van der Waals surface area contributed by atoms with Crippen molar-refractivity contribution in [3.05, 3.63) is 29.3 Å². The molecule has 0 fully saturated rings. The number of nitrogens with one attached hydrogen (secondary N) is 1. The second-order valence-corrected chi connectivity index (χ2v) is 4.22. The minimum atomic E-state index is -2.17. The molecule has 0 saturated carbocycles. The summed E-state index contributed by atoms with van der Waals surface area (Å²) < 4.78 is 45.6. The molecule has 0 aliphatic heterocycles. The highest BCUT2D eigenvalue weighted by molar-refractivity contribution is 7.79. The normalized spacial score (nSPS) is 14.6. The summed E-state index contributed by atoms with van der Waals surface area (Å²) in [6.07, 6.45) is 0. The van der Waals surface area contributed by atoms with Crippen LogP contribution in [-0.4, -0.2) is 14.6 Å². The van der Waals surface area contributed by atoms with Gasteiger partial charge in [-0.05, 0) is 24.6 Å². The number of halogens is 2. The van der Waals surface area contributed by atoms with Gasteiger partial charge in [-0.2, -0.15) is 0 Å². The lowest BCUT2D eigenvalue weighted by Crippen LogP contribution is -2.12. The van der Waals surface area contributed by atoms with Gasteiger partial charge in [-0.25, -0.2) is 13.0 Å². The Morgan fingerprint density at radius 3 is 2.38 bits per heavy atom. The number of anilines is 1. The van der Waals surface area contributed by atoms with Crippen LogP contribution in [-0.2, 0) is 11.1 Å². The molecule has 0 amide bonds. The van der Waals surface area contributed by atoms with E-state index < -0.39 is 40.3 Å². The number of hydrogen-bond donors (Lipinski definition) is 3. The Hall–Kier alpha value is -1.05. The van der Waals surface area contributed by atoms with Crippen LogP contribution in [0.4, 0.5) is 14.5 Å². The van der Waals surface area contributed by atoms with Crippen molar-refractivity contribution in [1.82, 2.24) is 0 Å². The molecular formula is C9H12F2N2O2S. The number of nitrogens with two attached hydrogens (primary N) is 1. The molecule has 1 unspecified atom stereocenters. The van der Waals surface area contributed by atoms with Crippen LogP contribution in [0.1, 0.15) is 18.5 Å². The monoisotopic (exact) mass is 250 g/mol. The van der Waals surface area contributed by atoms with Crippen molar-refractivity contribution in [3.63, 3.8) is 0 Å². The van der Waals surface area contributed by atoms with E-state index in [9.17, 15) is 13.0 Å². The van der Waals surface area contributed by atoms with E-state index in [-0.39, 0.29) is 0 Å². The van der Waals surface area contributed by atoms with E-state index in [2.05, 4.69) is 5.32 Å². The molecule has 7 heteroatoms. The summed E-state index contributed by atoms with van der Waals surface area (Å²) in [5, 5.41) is 2.21. The number of hydrogen-bond acceptors (Lipinski definition) is 3. The van der Waals surface area contributed by atoms with Crippen molar-refractivity contribution in [2.45, 2.75) is 13.0 Å². The first-order valence-corrected chi connectivity index (χ1v) is 5.75. The first-order valence-electron chi connectivity index (χ1n) is 4.47. The molecule has 0 aromatic heterocycles. The van der Waals surface area contributed by atoms with E-state index in [0.29, 0.717) is 5.56 Å². The summed E-state index contributed by atoms with van der Waals surface area (Å²) in [6.45, 7) is 1.60. The molecule has 0 heterocycles. The van der Waals surface area contributed by atoms with Crippen LogP contribution < -0.4 is 11.1 Å². The molecule has 4 N–H and O–H groups in total. The van der Waals surface area contributed by atoms with E-state index in [1.165, 1.54) is 0 Å². The molecule has 1 rings (SSSR count). The van der Waals surface area contributed by atoms with Crippen molar-refractivity contribution in [1.29, 1.82) is 0 Å². The maximum absolute atomic E-state index is 13.4. The zero-order chi connectivity index (χ0) is 12.3. The molecule has 0 aliphatic carbocycles. The van der Waals surface area contributed by atoms with E-state index in [4.69, 9.17) is 10.3 Å². The zero-order valence-electron chi connectivity index (χ0n) is 8.54. The van der Waals surface area contributed by atoms with Gasteiger partial charge in [0.2, 0.25) is 0 Å². The molecule has 0 saturated heterocycles. The Morgan fingerprint density at radius 2 is 2.00 bits per heavy atom. The fraction of sp³-hybridized carbons (Fsp3) is 0.333. The highest BCUT2D eigenvalue weighted by Crippen LogP contribution is 2.23. The standard InChI is InChI=1S/C9H12F2N2O2S/c1-5(12)6-2-7(10)9(8(11)3-6)13-4-16(14)15/h2-3,5,13H,4,12H2,1H3,(H,14,15)/t5-/m1/s1. The highest BCUT2D eigenvalue weighted by atomic mass is 32.2. The van der Waals surface area contributed by atoms with Gasteiger partial charge < -0.3 is 15.6 Å². The predicted octanol–water partition coefficient (Wildman–Crippen LogP) is 1.58. The lowest BCUT2D eigenvalue weighted by atomic mass is 10.1. The summed E-state index contributed by atoms with van der Waals surface area (Å²) in [7, 11) is 0. The van der Waals surface area contributed by atoms with Crippen LogP contribution in [0.2, 0.25) is 0 Å². The average Bonchev–Trinajstić information content (AvgIpc) is 2.15. The van der Waals surface area contributed by atoms with Crippen LogP contribution in [0.25, 0.3) is 0 Å². The van der Waals surface area contributed by atoms with Gasteiger partial charge in [0.1, 0.15) is 23.2 Å². The summed E-state index contributed by atoms with van der Waals surface area (Å²) in [6, 6.07) is 1.71. The molecular weight excluding hydrogens is 238 g/mol. The van der Waals surface area contributed by atoms with Crippen LogP contribution in [0.3, 0.4) is 0 Å². The Balaban J connectivity index is 2.98. The van der Waals surface area contributed by atoms with Crippen molar-refractivity contribution in [3.8, 4) is 0 Å². The maximum atomic E-state index is 13.4. The third-order valence-electron chi connectivity index (χ3n) is 1.96. The van der Waals surface area contributed by atoms with Crippen molar-refractivity contribution in [2.75, 3.05) is 11.2 Å². The lowest BCUT2D eigenvalue weighted by molar-refractivity contribution is 0.564. The SMILES string of the molecule is C[C@@H](N)c1cc(F)c(NCS(=O)O)c(F)c1. The third kappa shape index (κ3) is 3.22. The smallest absolute Gasteiger partial charge is 0.172 e. The fourth-order valence-corrected chi connectivity index (χ4v) is 1.43. The van der Waals surface area contributed by atoms with Crippen LogP contribution in [0.15, 0.2) is 12.1 Å². The minimum Gasteiger partial charge on any atom is -0.367 e. The van der Waals surface area contributed by atoms with Gasteiger partial charge in [0, 0.05) is 6.04 Å². The summed E-state index contributed by atoms with van der Waals surface area (Å²) in [5.74, 6) is -2.11. The van der Waals surface area contributed by atoms with E-state index in [1.807, 2.05) is 0 Å². The maximum Gasteiger partial charge on any atom is 0.172 e. The second kappa shape index (κ2) is 5.33. The molecule has 1 aromatic carbocycles. The molecule has 0 radical (unpaired) electrons. The van der Waals surface area contributed by atoms with Gasteiger partial charge in [-0.3, -0.25) is 0 Å². The summed E-state index contributed by atoms with van der Waals surface area (Å²) in [4.78, 5) is 0. The van der Waals surface area contributed by atoms with Gasteiger partial charge in [0.15, 0.2) is 11.1 Å². The molecule has 16 heavy (non-hydrogen) atoms. The Kier molecular flexibility index (Phi) is 4.34. The molecule has 1 aromatic rings. The first-order chi connectivity index (χ1) is 7.41. The zero-order valence-corrected chi connectivity index (χ0v) is 9.35. The van der Waals surface area contributed by atoms with Crippen molar-refractivity contribution < 1.29 is 17.5 Å². The van der Waals surface area contributed by atoms with Crippen molar-refractivity contribution in [2.24, 2.45) is 5.73 Å². The average molecular weight is 250 g/mol. The van der Waals surface area contributed by atoms with Gasteiger partial charge in [-0.15, -0.1) is 0 Å². The van der Waals surface area contributed by atoms with Crippen LogP contribution in [0, 0.1) is 11.6 Å². The summed E-state index contributed by atoms with van der Waals surface area (Å²) in [5.41, 5.74) is 5.38.